The first kappa shape index (κ1) is 12.1. The van der Waals surface area contributed by atoms with E-state index in [-0.39, 0.29) is 11.6 Å². The SMILES string of the molecule is CC(=O)Nc1cc2c(cc1[N+](=O)[O-])C1CCC2CC1. The summed E-state index contributed by atoms with van der Waals surface area (Å²) in [5, 5.41) is 13.7. The second kappa shape index (κ2) is 4.33. The molecule has 0 saturated heterocycles. The summed E-state index contributed by atoms with van der Waals surface area (Å²) in [6.45, 7) is 1.37. The molecule has 1 N–H and O–H groups in total. The Bertz CT molecular complexity index is 560. The van der Waals surface area contributed by atoms with Crippen LogP contribution in [0, 0.1) is 10.1 Å². The molecule has 19 heavy (non-hydrogen) atoms. The Morgan fingerprint density at radius 1 is 1.21 bits per heavy atom. The van der Waals surface area contributed by atoms with Gasteiger partial charge in [0.1, 0.15) is 5.69 Å². The summed E-state index contributed by atoms with van der Waals surface area (Å²) in [7, 11) is 0. The van der Waals surface area contributed by atoms with Gasteiger partial charge in [-0.3, -0.25) is 14.9 Å². The summed E-state index contributed by atoms with van der Waals surface area (Å²) < 4.78 is 0. The van der Waals surface area contributed by atoms with Crippen molar-refractivity contribution in [2.45, 2.75) is 44.4 Å². The Balaban J connectivity index is 2.13. The largest absolute Gasteiger partial charge is 0.321 e. The lowest BCUT2D eigenvalue weighted by Gasteiger charge is -2.38. The molecule has 3 aliphatic rings. The quantitative estimate of drug-likeness (QED) is 0.655. The van der Waals surface area contributed by atoms with Crippen LogP contribution < -0.4 is 5.32 Å². The van der Waals surface area contributed by atoms with Crippen molar-refractivity contribution in [2.24, 2.45) is 0 Å². The van der Waals surface area contributed by atoms with E-state index in [1.165, 1.54) is 12.5 Å². The van der Waals surface area contributed by atoms with E-state index < -0.39 is 4.92 Å². The zero-order chi connectivity index (χ0) is 13.6. The van der Waals surface area contributed by atoms with Crippen LogP contribution in [-0.2, 0) is 4.79 Å². The van der Waals surface area contributed by atoms with E-state index in [1.807, 2.05) is 6.07 Å². The van der Waals surface area contributed by atoms with Gasteiger partial charge in [-0.1, -0.05) is 0 Å². The fourth-order valence-electron chi connectivity index (χ4n) is 3.48. The lowest BCUT2D eigenvalue weighted by Crippen LogP contribution is -2.22. The monoisotopic (exact) mass is 260 g/mol. The average molecular weight is 260 g/mol. The number of nitro groups is 1. The second-order valence-electron chi connectivity index (χ2n) is 5.49. The summed E-state index contributed by atoms with van der Waals surface area (Å²) in [6.07, 6.45) is 4.59. The molecule has 0 radical (unpaired) electrons. The molecule has 0 aliphatic heterocycles. The number of benzene rings is 1. The fraction of sp³-hybridized carbons (Fsp3) is 0.500. The van der Waals surface area contributed by atoms with Crippen LogP contribution in [0.4, 0.5) is 11.4 Å². The van der Waals surface area contributed by atoms with Gasteiger partial charge in [-0.15, -0.1) is 0 Å². The van der Waals surface area contributed by atoms with E-state index in [1.54, 1.807) is 6.07 Å². The summed E-state index contributed by atoms with van der Waals surface area (Å²) in [5.74, 6) is 0.697. The molecule has 1 aromatic rings. The van der Waals surface area contributed by atoms with Gasteiger partial charge in [-0.2, -0.15) is 0 Å². The molecule has 0 aromatic heterocycles. The maximum Gasteiger partial charge on any atom is 0.293 e. The van der Waals surface area contributed by atoms with Gasteiger partial charge in [0.25, 0.3) is 5.69 Å². The third kappa shape index (κ3) is 1.99. The zero-order valence-electron chi connectivity index (χ0n) is 10.8. The van der Waals surface area contributed by atoms with Crippen LogP contribution in [0.2, 0.25) is 0 Å². The lowest BCUT2D eigenvalue weighted by molar-refractivity contribution is -0.384. The van der Waals surface area contributed by atoms with Gasteiger partial charge in [0.2, 0.25) is 5.91 Å². The number of carbonyl (C=O) groups excluding carboxylic acids is 1. The van der Waals surface area contributed by atoms with Crippen molar-refractivity contribution in [1.29, 1.82) is 0 Å². The van der Waals surface area contributed by atoms with Crippen LogP contribution >= 0.6 is 0 Å². The Hall–Kier alpha value is -1.91. The number of hydrogen-bond donors (Lipinski definition) is 1. The van der Waals surface area contributed by atoms with E-state index >= 15 is 0 Å². The molecule has 100 valence electrons. The highest BCUT2D eigenvalue weighted by Crippen LogP contribution is 2.51. The van der Waals surface area contributed by atoms with Crippen molar-refractivity contribution >= 4 is 17.3 Å². The number of rotatable bonds is 2. The van der Waals surface area contributed by atoms with Crippen molar-refractivity contribution in [3.05, 3.63) is 33.4 Å². The van der Waals surface area contributed by atoms with Gasteiger partial charge in [0.15, 0.2) is 0 Å². The lowest BCUT2D eigenvalue weighted by atomic mass is 9.67. The first-order valence-electron chi connectivity index (χ1n) is 6.66. The molecule has 0 unspecified atom stereocenters. The number of fused-ring (bicyclic) bond motifs is 2. The maximum atomic E-state index is 11.2. The van der Waals surface area contributed by atoms with Crippen LogP contribution in [0.3, 0.4) is 0 Å². The Morgan fingerprint density at radius 3 is 2.21 bits per heavy atom. The number of nitro benzene ring substituents is 1. The van der Waals surface area contributed by atoms with Crippen molar-refractivity contribution in [2.75, 3.05) is 5.32 Å². The van der Waals surface area contributed by atoms with Gasteiger partial charge in [0.05, 0.1) is 4.92 Å². The molecule has 0 atom stereocenters. The summed E-state index contributed by atoms with van der Waals surface area (Å²) >= 11 is 0. The minimum absolute atomic E-state index is 0.0153. The minimum atomic E-state index is -0.409. The van der Waals surface area contributed by atoms with Crippen LogP contribution in [0.25, 0.3) is 0 Å². The molecule has 1 aromatic carbocycles. The van der Waals surface area contributed by atoms with Crippen molar-refractivity contribution in [1.82, 2.24) is 0 Å². The standard InChI is InChI=1S/C14H16N2O3/c1-8(17)15-13-6-11-9-2-4-10(5-3-9)12(11)7-14(13)16(18)19/h6-7,9-10H,2-5H2,1H3,(H,15,17). The average Bonchev–Trinajstić information content (AvgIpc) is 2.38. The van der Waals surface area contributed by atoms with Crippen LogP contribution in [0.5, 0.6) is 0 Å². The molecule has 4 rings (SSSR count). The molecule has 5 nitrogen and oxygen atoms in total. The van der Waals surface area contributed by atoms with Crippen LogP contribution in [0.15, 0.2) is 12.1 Å². The van der Waals surface area contributed by atoms with Gasteiger partial charge in [-0.25, -0.2) is 0 Å². The number of carbonyl (C=O) groups is 1. The summed E-state index contributed by atoms with van der Waals surface area (Å²) in [5.41, 5.74) is 2.69. The molecule has 5 heteroatoms. The molecular weight excluding hydrogens is 244 g/mol. The van der Waals surface area contributed by atoms with Gasteiger partial charge < -0.3 is 5.32 Å². The second-order valence-corrected chi connectivity index (χ2v) is 5.49. The normalized spacial score (nSPS) is 23.8. The number of amides is 1. The Kier molecular flexibility index (Phi) is 2.77. The number of nitrogens with one attached hydrogen (secondary N) is 1. The zero-order valence-corrected chi connectivity index (χ0v) is 10.8. The predicted octanol–water partition coefficient (Wildman–Crippen LogP) is 3.31. The maximum absolute atomic E-state index is 11.2. The van der Waals surface area contributed by atoms with Crippen molar-refractivity contribution in [3.63, 3.8) is 0 Å². The van der Waals surface area contributed by atoms with Crippen molar-refractivity contribution in [3.8, 4) is 0 Å². The molecule has 2 bridgehead atoms. The number of nitrogens with zero attached hydrogens (tertiary/aromatic N) is 1. The van der Waals surface area contributed by atoms with E-state index in [9.17, 15) is 14.9 Å². The van der Waals surface area contributed by atoms with Crippen LogP contribution in [-0.4, -0.2) is 10.8 Å². The van der Waals surface area contributed by atoms with Gasteiger partial charge in [-0.05, 0) is 54.7 Å². The van der Waals surface area contributed by atoms with Crippen molar-refractivity contribution < 1.29 is 9.72 Å². The molecule has 0 heterocycles. The third-order valence-corrected chi connectivity index (χ3v) is 4.32. The number of hydrogen-bond acceptors (Lipinski definition) is 3. The highest BCUT2D eigenvalue weighted by molar-refractivity contribution is 5.91. The van der Waals surface area contributed by atoms with E-state index in [0.717, 1.165) is 31.2 Å². The highest BCUT2D eigenvalue weighted by atomic mass is 16.6. The third-order valence-electron chi connectivity index (χ3n) is 4.32. The minimum Gasteiger partial charge on any atom is -0.321 e. The van der Waals surface area contributed by atoms with E-state index in [2.05, 4.69) is 5.32 Å². The van der Waals surface area contributed by atoms with Gasteiger partial charge in [0, 0.05) is 13.0 Å². The smallest absolute Gasteiger partial charge is 0.293 e. The first-order valence-corrected chi connectivity index (χ1v) is 6.66. The van der Waals surface area contributed by atoms with Gasteiger partial charge >= 0.3 is 0 Å². The summed E-state index contributed by atoms with van der Waals surface area (Å²) in [4.78, 5) is 21.9. The summed E-state index contributed by atoms with van der Waals surface area (Å²) in [6, 6.07) is 3.50. The molecule has 3 aliphatic carbocycles. The van der Waals surface area contributed by atoms with E-state index in [4.69, 9.17) is 0 Å². The molecule has 1 fully saturated rings. The highest BCUT2D eigenvalue weighted by Gasteiger charge is 2.35. The fourth-order valence-corrected chi connectivity index (χ4v) is 3.48. The first-order chi connectivity index (χ1) is 9.06. The molecule has 1 saturated carbocycles. The Labute approximate surface area is 111 Å². The molecular formula is C14H16N2O3. The molecule has 0 spiro atoms. The molecule has 1 amide bonds. The van der Waals surface area contributed by atoms with Crippen LogP contribution in [0.1, 0.15) is 55.6 Å². The Morgan fingerprint density at radius 2 is 1.74 bits per heavy atom. The number of anilines is 1. The topological polar surface area (TPSA) is 72.2 Å². The predicted molar refractivity (Wildman–Crippen MR) is 71.4 cm³/mol. The van der Waals surface area contributed by atoms with E-state index in [0.29, 0.717) is 17.5 Å².